The number of alkyl carbamates (subject to hydrolysis) is 1. The van der Waals surface area contributed by atoms with Gasteiger partial charge in [0.2, 0.25) is 0 Å². The lowest BCUT2D eigenvalue weighted by Crippen LogP contribution is -2.27. The molecule has 0 unspecified atom stereocenters. The summed E-state index contributed by atoms with van der Waals surface area (Å²) < 4.78 is 13.7. The molecule has 0 radical (unpaired) electrons. The van der Waals surface area contributed by atoms with Crippen LogP contribution in [0.1, 0.15) is 19.8 Å². The molecule has 0 aliphatic heterocycles. The Labute approximate surface area is 107 Å². The standard InChI is InChI=1S/C9H20N2O2.H3O4P/c1-4-8-13-9(12)10-6-5-7-11(2)3;1-5(2,3)4/h4-8H2,1-3H3,(H,10,12);(H3,1,2,3,4). The zero-order valence-electron chi connectivity index (χ0n) is 11.0. The van der Waals surface area contributed by atoms with Crippen LogP contribution in [0, 0.1) is 0 Å². The molecule has 0 aliphatic carbocycles. The lowest BCUT2D eigenvalue weighted by atomic mass is 10.4. The molecule has 0 bridgehead atoms. The molecule has 9 heteroatoms. The summed E-state index contributed by atoms with van der Waals surface area (Å²) in [5, 5.41) is 2.68. The number of ether oxygens (including phenoxy) is 1. The van der Waals surface area contributed by atoms with E-state index in [2.05, 4.69) is 10.2 Å². The highest BCUT2D eigenvalue weighted by atomic mass is 31.2. The summed E-state index contributed by atoms with van der Waals surface area (Å²) in [4.78, 5) is 34.5. The summed E-state index contributed by atoms with van der Waals surface area (Å²) in [6, 6.07) is 0. The van der Waals surface area contributed by atoms with Crippen molar-refractivity contribution >= 4 is 13.9 Å². The highest BCUT2D eigenvalue weighted by molar-refractivity contribution is 7.45. The molecule has 0 atom stereocenters. The largest absolute Gasteiger partial charge is 0.466 e. The maximum Gasteiger partial charge on any atom is 0.466 e. The molecule has 18 heavy (non-hydrogen) atoms. The topological polar surface area (TPSA) is 119 Å². The van der Waals surface area contributed by atoms with Crippen molar-refractivity contribution in [2.75, 3.05) is 33.8 Å². The van der Waals surface area contributed by atoms with Crippen LogP contribution in [0.15, 0.2) is 0 Å². The van der Waals surface area contributed by atoms with Crippen LogP contribution in [0.3, 0.4) is 0 Å². The minimum atomic E-state index is -4.64. The first-order valence-corrected chi connectivity index (χ1v) is 7.07. The monoisotopic (exact) mass is 286 g/mol. The third-order valence-corrected chi connectivity index (χ3v) is 1.49. The van der Waals surface area contributed by atoms with E-state index in [4.69, 9.17) is 24.0 Å². The van der Waals surface area contributed by atoms with Crippen LogP contribution in [0.25, 0.3) is 0 Å². The quantitative estimate of drug-likeness (QED) is 0.405. The normalized spacial score (nSPS) is 10.6. The van der Waals surface area contributed by atoms with Crippen LogP contribution >= 0.6 is 7.82 Å². The average molecular weight is 286 g/mol. The molecule has 4 N–H and O–H groups in total. The molecule has 110 valence electrons. The zero-order valence-corrected chi connectivity index (χ0v) is 11.9. The second-order valence-corrected chi connectivity index (χ2v) is 4.76. The number of nitrogens with zero attached hydrogens (tertiary/aromatic N) is 1. The van der Waals surface area contributed by atoms with Crippen LogP contribution in [0.5, 0.6) is 0 Å². The van der Waals surface area contributed by atoms with Crippen LogP contribution in [-0.4, -0.2) is 59.5 Å². The molecule has 0 aromatic heterocycles. The van der Waals surface area contributed by atoms with Gasteiger partial charge in [-0.1, -0.05) is 6.92 Å². The number of hydrogen-bond donors (Lipinski definition) is 4. The summed E-state index contributed by atoms with van der Waals surface area (Å²) in [6.07, 6.45) is 1.51. The Morgan fingerprint density at radius 2 is 1.83 bits per heavy atom. The second kappa shape index (κ2) is 11.4. The number of carbonyl (C=O) groups is 1. The molecule has 0 heterocycles. The van der Waals surface area contributed by atoms with Crippen molar-refractivity contribution in [1.29, 1.82) is 0 Å². The van der Waals surface area contributed by atoms with Gasteiger partial charge in [0.15, 0.2) is 0 Å². The Balaban J connectivity index is 0. The molecule has 0 aromatic rings. The molecule has 0 spiro atoms. The molecule has 0 saturated heterocycles. The van der Waals surface area contributed by atoms with Gasteiger partial charge < -0.3 is 29.6 Å². The molecule has 0 aliphatic rings. The van der Waals surface area contributed by atoms with E-state index in [-0.39, 0.29) is 6.09 Å². The van der Waals surface area contributed by atoms with Gasteiger partial charge in [-0.15, -0.1) is 0 Å². The molecule has 0 saturated carbocycles. The van der Waals surface area contributed by atoms with E-state index in [9.17, 15) is 4.79 Å². The molecular formula is C9H23N2O6P. The first-order valence-electron chi connectivity index (χ1n) is 5.50. The van der Waals surface area contributed by atoms with Gasteiger partial charge in [0.25, 0.3) is 0 Å². The predicted octanol–water partition coefficient (Wildman–Crippen LogP) is 0.146. The Bertz CT molecular complexity index is 247. The van der Waals surface area contributed by atoms with E-state index >= 15 is 0 Å². The smallest absolute Gasteiger partial charge is 0.450 e. The number of amides is 1. The SMILES string of the molecule is CCCOC(=O)NCCCN(C)C.O=P(O)(O)O. The maximum atomic E-state index is 10.9. The van der Waals surface area contributed by atoms with E-state index < -0.39 is 7.82 Å². The highest BCUT2D eigenvalue weighted by Gasteiger charge is 2.00. The minimum Gasteiger partial charge on any atom is -0.450 e. The minimum absolute atomic E-state index is 0.305. The lowest BCUT2D eigenvalue weighted by Gasteiger charge is -2.09. The third-order valence-electron chi connectivity index (χ3n) is 1.49. The fraction of sp³-hybridized carbons (Fsp3) is 0.889. The summed E-state index contributed by atoms with van der Waals surface area (Å²) in [5.74, 6) is 0. The van der Waals surface area contributed by atoms with E-state index in [1.807, 2.05) is 21.0 Å². The predicted molar refractivity (Wildman–Crippen MR) is 67.1 cm³/mol. The number of phosphoric acid groups is 1. The van der Waals surface area contributed by atoms with Gasteiger partial charge in [0.1, 0.15) is 0 Å². The van der Waals surface area contributed by atoms with Crippen molar-refractivity contribution in [3.63, 3.8) is 0 Å². The second-order valence-electron chi connectivity index (χ2n) is 3.73. The van der Waals surface area contributed by atoms with Crippen LogP contribution in [-0.2, 0) is 9.30 Å². The first-order chi connectivity index (χ1) is 8.16. The Morgan fingerprint density at radius 1 is 1.33 bits per heavy atom. The number of carbonyl (C=O) groups excluding carboxylic acids is 1. The molecule has 8 nitrogen and oxygen atoms in total. The van der Waals surface area contributed by atoms with Crippen molar-refractivity contribution in [1.82, 2.24) is 10.2 Å². The van der Waals surface area contributed by atoms with Crippen molar-refractivity contribution in [3.05, 3.63) is 0 Å². The van der Waals surface area contributed by atoms with Gasteiger partial charge in [-0.05, 0) is 33.5 Å². The van der Waals surface area contributed by atoms with E-state index in [0.717, 1.165) is 19.4 Å². The van der Waals surface area contributed by atoms with Gasteiger partial charge in [-0.3, -0.25) is 0 Å². The summed E-state index contributed by atoms with van der Waals surface area (Å²) in [7, 11) is -0.620. The van der Waals surface area contributed by atoms with Gasteiger partial charge >= 0.3 is 13.9 Å². The van der Waals surface area contributed by atoms with E-state index in [1.165, 1.54) is 0 Å². The summed E-state index contributed by atoms with van der Waals surface area (Å²) >= 11 is 0. The van der Waals surface area contributed by atoms with Gasteiger partial charge in [0, 0.05) is 6.54 Å². The Morgan fingerprint density at radius 3 is 2.22 bits per heavy atom. The van der Waals surface area contributed by atoms with E-state index in [0.29, 0.717) is 13.2 Å². The van der Waals surface area contributed by atoms with E-state index in [1.54, 1.807) is 0 Å². The summed E-state index contributed by atoms with van der Waals surface area (Å²) in [5.41, 5.74) is 0. The van der Waals surface area contributed by atoms with Gasteiger partial charge in [-0.25, -0.2) is 9.36 Å². The maximum absolute atomic E-state index is 10.9. The zero-order chi connectivity index (χ0) is 14.6. The van der Waals surface area contributed by atoms with Crippen LogP contribution in [0.4, 0.5) is 4.79 Å². The van der Waals surface area contributed by atoms with Crippen molar-refractivity contribution in [3.8, 4) is 0 Å². The number of nitrogens with one attached hydrogen (secondary N) is 1. The third kappa shape index (κ3) is 29.5. The van der Waals surface area contributed by atoms with Gasteiger partial charge in [-0.2, -0.15) is 0 Å². The number of rotatable bonds is 6. The molecule has 0 aromatic carbocycles. The Hall–Kier alpha value is -0.660. The fourth-order valence-electron chi connectivity index (χ4n) is 0.832. The summed E-state index contributed by atoms with van der Waals surface area (Å²) in [6.45, 7) is 4.13. The van der Waals surface area contributed by atoms with Crippen molar-refractivity contribution < 1.29 is 28.8 Å². The van der Waals surface area contributed by atoms with Crippen LogP contribution < -0.4 is 5.32 Å². The number of hydrogen-bond acceptors (Lipinski definition) is 4. The Kier molecular flexibility index (Phi) is 12.5. The fourth-order valence-corrected chi connectivity index (χ4v) is 0.832. The molecule has 0 rings (SSSR count). The van der Waals surface area contributed by atoms with Crippen molar-refractivity contribution in [2.45, 2.75) is 19.8 Å². The molecule has 0 fully saturated rings. The average Bonchev–Trinajstić information content (AvgIpc) is 2.18. The lowest BCUT2D eigenvalue weighted by molar-refractivity contribution is 0.146. The highest BCUT2D eigenvalue weighted by Crippen LogP contribution is 2.25. The van der Waals surface area contributed by atoms with Gasteiger partial charge in [0.05, 0.1) is 6.61 Å². The molecular weight excluding hydrogens is 263 g/mol. The van der Waals surface area contributed by atoms with Crippen LogP contribution in [0.2, 0.25) is 0 Å². The van der Waals surface area contributed by atoms with Crippen molar-refractivity contribution in [2.24, 2.45) is 0 Å². The molecule has 1 amide bonds. The first kappa shape index (κ1) is 19.7.